The van der Waals surface area contributed by atoms with Gasteiger partial charge in [0.2, 0.25) is 0 Å². The Morgan fingerprint density at radius 1 is 0.372 bits per heavy atom. The number of hydrogen-bond donors (Lipinski definition) is 0. The third kappa shape index (κ3) is 70.5. The maximum atomic E-state index is 12.9. The molecule has 0 bridgehead atoms. The maximum Gasteiger partial charge on any atom is 0.306 e. The minimum absolute atomic E-state index is 0.0331. The van der Waals surface area contributed by atoms with Gasteiger partial charge in [-0.05, 0) is 83.5 Å². The second kappa shape index (κ2) is 66.9. The van der Waals surface area contributed by atoms with Crippen LogP contribution in [0.1, 0.15) is 348 Å². The minimum atomic E-state index is -4.65. The fourth-order valence-electron chi connectivity index (χ4n) is 10.6. The molecule has 86 heavy (non-hydrogen) atoms. The lowest BCUT2D eigenvalue weighted by Crippen LogP contribution is -2.37. The van der Waals surface area contributed by atoms with Gasteiger partial charge in [0.1, 0.15) is 19.8 Å². The first-order valence-corrected chi connectivity index (χ1v) is 38.1. The van der Waals surface area contributed by atoms with E-state index in [1.165, 1.54) is 238 Å². The number of phosphoric ester groups is 1. The molecule has 2 unspecified atom stereocenters. The molecule has 0 spiro atoms. The fraction of sp³-hybridized carbons (Fsp3) is 0.816. The predicted octanol–water partition coefficient (Wildman–Crippen LogP) is 23.3. The number of hydrogen-bond acceptors (Lipinski definition) is 8. The van der Waals surface area contributed by atoms with Crippen molar-refractivity contribution in [2.24, 2.45) is 0 Å². The topological polar surface area (TPSA) is 111 Å². The van der Waals surface area contributed by atoms with Crippen molar-refractivity contribution in [2.45, 2.75) is 354 Å². The third-order valence-electron chi connectivity index (χ3n) is 16.2. The molecule has 0 aliphatic rings. The van der Waals surface area contributed by atoms with Gasteiger partial charge >= 0.3 is 11.9 Å². The number of phosphoric acid groups is 1. The van der Waals surface area contributed by atoms with Gasteiger partial charge in [0, 0.05) is 12.8 Å². The van der Waals surface area contributed by atoms with Crippen LogP contribution in [0.2, 0.25) is 0 Å². The van der Waals surface area contributed by atoms with Gasteiger partial charge < -0.3 is 27.9 Å². The summed E-state index contributed by atoms with van der Waals surface area (Å²) < 4.78 is 34.3. The Morgan fingerprint density at radius 3 is 1.00 bits per heavy atom. The second-order valence-electron chi connectivity index (χ2n) is 25.9. The lowest BCUT2D eigenvalue weighted by atomic mass is 10.0. The maximum absolute atomic E-state index is 12.9. The zero-order chi connectivity index (χ0) is 62.6. The van der Waals surface area contributed by atoms with Crippen molar-refractivity contribution in [3.05, 3.63) is 72.9 Å². The molecule has 0 rings (SSSR count). The van der Waals surface area contributed by atoms with Crippen molar-refractivity contribution in [2.75, 3.05) is 47.5 Å². The molecule has 9 nitrogen and oxygen atoms in total. The normalized spacial score (nSPS) is 13.5. The molecular formula is C76H140NO8P. The monoisotopic (exact) mass is 1230 g/mol. The summed E-state index contributed by atoms with van der Waals surface area (Å²) in [5.74, 6) is -0.828. The molecule has 0 N–H and O–H groups in total. The summed E-state index contributed by atoms with van der Waals surface area (Å²) in [6, 6.07) is 0. The Balaban J connectivity index is 3.96. The summed E-state index contributed by atoms with van der Waals surface area (Å²) in [7, 11) is 1.17. The summed E-state index contributed by atoms with van der Waals surface area (Å²) in [4.78, 5) is 38.1. The van der Waals surface area contributed by atoms with Crippen molar-refractivity contribution < 1.29 is 42.1 Å². The first-order valence-electron chi connectivity index (χ1n) is 36.6. The molecule has 10 heteroatoms. The van der Waals surface area contributed by atoms with Gasteiger partial charge in [-0.3, -0.25) is 14.2 Å². The van der Waals surface area contributed by atoms with E-state index in [4.69, 9.17) is 18.5 Å². The number of rotatable bonds is 68. The minimum Gasteiger partial charge on any atom is -0.756 e. The van der Waals surface area contributed by atoms with Crippen LogP contribution in [-0.4, -0.2) is 70.0 Å². The van der Waals surface area contributed by atoms with Crippen molar-refractivity contribution in [3.63, 3.8) is 0 Å². The van der Waals surface area contributed by atoms with Crippen molar-refractivity contribution in [1.29, 1.82) is 0 Å². The summed E-state index contributed by atoms with van der Waals surface area (Å²) in [5.41, 5.74) is 0. The molecule has 0 aliphatic carbocycles. The highest BCUT2D eigenvalue weighted by Crippen LogP contribution is 2.38. The van der Waals surface area contributed by atoms with Crippen molar-refractivity contribution in [1.82, 2.24) is 0 Å². The lowest BCUT2D eigenvalue weighted by Gasteiger charge is -2.28. The van der Waals surface area contributed by atoms with Crippen LogP contribution in [0.25, 0.3) is 0 Å². The number of carbonyl (C=O) groups is 2. The van der Waals surface area contributed by atoms with Crippen LogP contribution in [0.4, 0.5) is 0 Å². The van der Waals surface area contributed by atoms with Crippen molar-refractivity contribution >= 4 is 19.8 Å². The molecule has 0 aromatic rings. The zero-order valence-electron chi connectivity index (χ0n) is 57.3. The summed E-state index contributed by atoms with van der Waals surface area (Å²) in [5, 5.41) is 0. The Morgan fingerprint density at radius 2 is 0.663 bits per heavy atom. The number of esters is 2. The Kier molecular flexibility index (Phi) is 64.9. The quantitative estimate of drug-likeness (QED) is 0.0195. The highest BCUT2D eigenvalue weighted by atomic mass is 31.2. The molecule has 2 atom stereocenters. The van der Waals surface area contributed by atoms with Crippen LogP contribution in [-0.2, 0) is 32.7 Å². The van der Waals surface area contributed by atoms with Crippen LogP contribution in [0.15, 0.2) is 72.9 Å². The molecule has 0 aromatic heterocycles. The first kappa shape index (κ1) is 83.5. The Bertz CT molecular complexity index is 1680. The molecule has 0 radical (unpaired) electrons. The van der Waals surface area contributed by atoms with Gasteiger partial charge in [0.15, 0.2) is 6.10 Å². The van der Waals surface area contributed by atoms with E-state index in [0.717, 1.165) is 77.0 Å². The van der Waals surface area contributed by atoms with Crippen LogP contribution in [0, 0.1) is 0 Å². The smallest absolute Gasteiger partial charge is 0.306 e. The van der Waals surface area contributed by atoms with E-state index in [1.807, 2.05) is 21.1 Å². The Labute approximate surface area is 533 Å². The predicted molar refractivity (Wildman–Crippen MR) is 370 cm³/mol. The summed E-state index contributed by atoms with van der Waals surface area (Å²) >= 11 is 0. The molecule has 0 saturated heterocycles. The van der Waals surface area contributed by atoms with E-state index in [1.54, 1.807) is 0 Å². The number of nitrogens with zero attached hydrogens (tertiary/aromatic N) is 1. The van der Waals surface area contributed by atoms with Crippen molar-refractivity contribution in [3.8, 4) is 0 Å². The molecule has 502 valence electrons. The van der Waals surface area contributed by atoms with Crippen LogP contribution < -0.4 is 4.89 Å². The molecular weight excluding hydrogens is 1090 g/mol. The largest absolute Gasteiger partial charge is 0.756 e. The SMILES string of the molecule is CC/C=C\C/C=C\C/C=C\C/C=C\C/C=C\CCCCCCCCCCCC(=O)OC(COC(=O)CCCCCCCCCCCCCCCCCCCCCCCCCCC/C=C\CCCCCCCCCC)COP(=O)([O-])OCC[N+](C)(C)C. The molecule has 0 aliphatic heterocycles. The van der Waals surface area contributed by atoms with Gasteiger partial charge in [0.25, 0.3) is 7.82 Å². The van der Waals surface area contributed by atoms with Gasteiger partial charge in [0.05, 0.1) is 27.7 Å². The van der Waals surface area contributed by atoms with Crippen LogP contribution in [0.3, 0.4) is 0 Å². The molecule has 0 fully saturated rings. The van der Waals surface area contributed by atoms with E-state index in [2.05, 4.69) is 86.8 Å². The van der Waals surface area contributed by atoms with Gasteiger partial charge in [-0.1, -0.05) is 324 Å². The number of carbonyl (C=O) groups excluding carboxylic acids is 2. The highest BCUT2D eigenvalue weighted by Gasteiger charge is 2.22. The van der Waals surface area contributed by atoms with E-state index < -0.39 is 26.5 Å². The third-order valence-corrected chi connectivity index (χ3v) is 17.2. The zero-order valence-corrected chi connectivity index (χ0v) is 58.2. The van der Waals surface area contributed by atoms with E-state index in [9.17, 15) is 19.0 Å². The summed E-state index contributed by atoms with van der Waals surface area (Å²) in [6.07, 6.45) is 90.1. The van der Waals surface area contributed by atoms with Gasteiger partial charge in [-0.15, -0.1) is 0 Å². The number of likely N-dealkylation sites (N-methyl/N-ethyl adjacent to an activating group) is 1. The highest BCUT2D eigenvalue weighted by molar-refractivity contribution is 7.45. The van der Waals surface area contributed by atoms with E-state index in [-0.39, 0.29) is 32.0 Å². The average Bonchev–Trinajstić information content (AvgIpc) is 3.70. The molecule has 0 heterocycles. The second-order valence-corrected chi connectivity index (χ2v) is 27.3. The van der Waals surface area contributed by atoms with Gasteiger partial charge in [-0.2, -0.15) is 0 Å². The fourth-order valence-corrected chi connectivity index (χ4v) is 11.4. The van der Waals surface area contributed by atoms with Crippen LogP contribution in [0.5, 0.6) is 0 Å². The average molecular weight is 1230 g/mol. The lowest BCUT2D eigenvalue weighted by molar-refractivity contribution is -0.870. The number of ether oxygens (including phenoxy) is 2. The van der Waals surface area contributed by atoms with E-state index in [0.29, 0.717) is 17.4 Å². The number of allylic oxidation sites excluding steroid dienone is 12. The first-order chi connectivity index (χ1) is 42.0. The number of unbranched alkanes of at least 4 members (excludes halogenated alkanes) is 42. The van der Waals surface area contributed by atoms with Gasteiger partial charge in [-0.25, -0.2) is 0 Å². The van der Waals surface area contributed by atoms with E-state index >= 15 is 0 Å². The standard InChI is InChI=1S/C76H140NO8P/c1-6-8-10-12-14-16-18-20-22-24-26-28-30-32-33-34-35-36-37-38-39-40-41-42-43-45-46-48-50-52-54-56-58-60-62-64-66-68-75(78)82-72-74(73-84-86(80,81)83-71-70-77(3,4)5)85-76(79)69-67-65-63-61-59-57-55-53-51-49-47-44-31-29-27-25-23-21-19-17-15-13-11-9-7-2/h9,11,15,17,21,23-24,26-27,29,44,47,74H,6-8,10,12-14,16,18-20,22,25,28,30-43,45-46,48-73H2,1-5H3/b11-9-,17-15-,23-21-,26-24-,29-27-,47-44-. The molecule has 0 saturated carbocycles. The van der Waals surface area contributed by atoms with Crippen LogP contribution >= 0.6 is 7.82 Å². The summed E-state index contributed by atoms with van der Waals surface area (Å²) in [6.45, 7) is 4.16. The molecule has 0 amide bonds. The Hall–Kier alpha value is -2.55. The number of quaternary nitrogens is 1. The molecule has 0 aromatic carbocycles.